The molecule has 5 heterocycles. The van der Waals surface area contributed by atoms with Crippen molar-refractivity contribution >= 4 is 69.3 Å². The zero-order chi connectivity index (χ0) is 25.4. The molecule has 2 aliphatic rings. The minimum Gasteiger partial charge on any atom is -0.477 e. The average molecular weight is 548 g/mol. The second kappa shape index (κ2) is 9.75. The number of rotatable bonds is 8. The minimum absolute atomic E-state index is 0.0367. The Balaban J connectivity index is 1.32. The SMILES string of the molecule is CO/N=C(\C(=O)N[C@@H]1C(=O)N2C(C(=O)O)=C(CSc3cccc4nncn34)CS[C@@H]12)c1nsc(N)n1. The number of amides is 2. The number of hydrogen-bond donors (Lipinski definition) is 3. The number of carboxylic acids is 1. The summed E-state index contributed by atoms with van der Waals surface area (Å²) in [6, 6.07) is 4.59. The van der Waals surface area contributed by atoms with Crippen LogP contribution in [0.5, 0.6) is 0 Å². The first kappa shape index (κ1) is 24.0. The molecular weight excluding hydrogens is 530 g/mol. The number of pyridine rings is 1. The fourth-order valence-corrected chi connectivity index (χ4v) is 6.64. The predicted molar refractivity (Wildman–Crippen MR) is 131 cm³/mol. The first-order valence-corrected chi connectivity index (χ1v) is 13.0. The number of aromatic nitrogens is 5. The maximum Gasteiger partial charge on any atom is 0.352 e. The van der Waals surface area contributed by atoms with Crippen molar-refractivity contribution in [2.24, 2.45) is 5.16 Å². The lowest BCUT2D eigenvalue weighted by molar-refractivity contribution is -0.150. The highest BCUT2D eigenvalue weighted by Crippen LogP contribution is 2.41. The second-order valence-corrected chi connectivity index (χ2v) is 10.3. The van der Waals surface area contributed by atoms with Crippen LogP contribution in [-0.2, 0) is 19.2 Å². The Morgan fingerprint density at radius 3 is 2.97 bits per heavy atom. The molecule has 0 unspecified atom stereocenters. The fourth-order valence-electron chi connectivity index (χ4n) is 3.71. The second-order valence-electron chi connectivity index (χ2n) is 7.41. The van der Waals surface area contributed by atoms with Crippen molar-refractivity contribution < 1.29 is 24.3 Å². The smallest absolute Gasteiger partial charge is 0.352 e. The first-order chi connectivity index (χ1) is 17.4. The van der Waals surface area contributed by atoms with Gasteiger partial charge in [0.2, 0.25) is 11.5 Å². The molecule has 3 aromatic rings. The van der Waals surface area contributed by atoms with Crippen LogP contribution in [0.3, 0.4) is 0 Å². The van der Waals surface area contributed by atoms with Crippen LogP contribution in [0.4, 0.5) is 5.13 Å². The molecule has 1 saturated heterocycles. The Bertz CT molecular complexity index is 1430. The Labute approximate surface area is 215 Å². The van der Waals surface area contributed by atoms with Crippen molar-refractivity contribution in [3.8, 4) is 0 Å². The van der Waals surface area contributed by atoms with Gasteiger partial charge in [0.15, 0.2) is 10.8 Å². The van der Waals surface area contributed by atoms with Crippen molar-refractivity contribution in [2.75, 3.05) is 24.3 Å². The third-order valence-electron chi connectivity index (χ3n) is 5.28. The summed E-state index contributed by atoms with van der Waals surface area (Å²) in [5.74, 6) is -1.80. The zero-order valence-electron chi connectivity index (χ0n) is 18.4. The van der Waals surface area contributed by atoms with E-state index in [1.807, 2.05) is 18.2 Å². The molecule has 3 aromatic heterocycles. The zero-order valence-corrected chi connectivity index (χ0v) is 20.8. The van der Waals surface area contributed by atoms with Crippen LogP contribution in [0, 0.1) is 0 Å². The molecule has 36 heavy (non-hydrogen) atoms. The van der Waals surface area contributed by atoms with Gasteiger partial charge in [-0.1, -0.05) is 11.2 Å². The molecule has 1 fully saturated rings. The maximum atomic E-state index is 13.0. The van der Waals surface area contributed by atoms with E-state index in [9.17, 15) is 19.5 Å². The molecule has 186 valence electrons. The molecule has 17 heteroatoms. The maximum absolute atomic E-state index is 13.0. The molecular formula is C19H17N9O5S3. The van der Waals surface area contributed by atoms with E-state index in [4.69, 9.17) is 10.6 Å². The van der Waals surface area contributed by atoms with Crippen molar-refractivity contribution in [1.29, 1.82) is 0 Å². The van der Waals surface area contributed by atoms with E-state index in [-0.39, 0.29) is 22.4 Å². The van der Waals surface area contributed by atoms with E-state index in [1.165, 1.54) is 35.5 Å². The number of nitrogens with zero attached hydrogens (tertiary/aromatic N) is 7. The number of carbonyl (C=O) groups excluding carboxylic acids is 2. The van der Waals surface area contributed by atoms with Crippen molar-refractivity contribution in [2.45, 2.75) is 16.4 Å². The van der Waals surface area contributed by atoms with Crippen LogP contribution in [0.1, 0.15) is 5.82 Å². The molecule has 0 aromatic carbocycles. The highest BCUT2D eigenvalue weighted by Gasteiger charge is 2.54. The van der Waals surface area contributed by atoms with Crippen LogP contribution in [0.2, 0.25) is 0 Å². The molecule has 2 aliphatic heterocycles. The molecule has 14 nitrogen and oxygen atoms in total. The van der Waals surface area contributed by atoms with Crippen LogP contribution in [0.15, 0.2) is 46.0 Å². The van der Waals surface area contributed by atoms with E-state index in [2.05, 4.69) is 30.0 Å². The third-order valence-corrected chi connectivity index (χ3v) is 8.28. The van der Waals surface area contributed by atoms with Crippen LogP contribution < -0.4 is 11.1 Å². The molecule has 0 spiro atoms. The molecule has 0 aliphatic carbocycles. The first-order valence-electron chi connectivity index (χ1n) is 10.2. The Morgan fingerprint density at radius 2 is 2.25 bits per heavy atom. The molecule has 0 bridgehead atoms. The van der Waals surface area contributed by atoms with E-state index in [0.717, 1.165) is 16.6 Å². The van der Waals surface area contributed by atoms with Crippen molar-refractivity contribution in [3.63, 3.8) is 0 Å². The lowest BCUT2D eigenvalue weighted by atomic mass is 10.0. The van der Waals surface area contributed by atoms with Gasteiger partial charge >= 0.3 is 5.97 Å². The average Bonchev–Trinajstić information content (AvgIpc) is 3.52. The van der Waals surface area contributed by atoms with Gasteiger partial charge < -0.3 is 21.0 Å². The molecule has 0 radical (unpaired) electrons. The van der Waals surface area contributed by atoms with Gasteiger partial charge in [-0.05, 0) is 17.7 Å². The Kier molecular flexibility index (Phi) is 6.50. The summed E-state index contributed by atoms with van der Waals surface area (Å²) in [7, 11) is 1.25. The molecule has 4 N–H and O–H groups in total. The topological polar surface area (TPSA) is 190 Å². The van der Waals surface area contributed by atoms with Crippen LogP contribution in [-0.4, -0.2) is 87.5 Å². The number of nitrogen functional groups attached to an aromatic ring is 1. The number of carboxylic acid groups (broad SMARTS) is 1. The van der Waals surface area contributed by atoms with E-state index in [0.29, 0.717) is 22.7 Å². The summed E-state index contributed by atoms with van der Waals surface area (Å²) in [6.07, 6.45) is 1.58. The van der Waals surface area contributed by atoms with E-state index < -0.39 is 29.2 Å². The molecule has 2 atom stereocenters. The number of fused-ring (bicyclic) bond motifs is 2. The van der Waals surface area contributed by atoms with Crippen LogP contribution >= 0.6 is 35.1 Å². The summed E-state index contributed by atoms with van der Waals surface area (Å²) in [5.41, 5.74) is 6.54. The van der Waals surface area contributed by atoms with Crippen LogP contribution in [0.25, 0.3) is 5.65 Å². The lowest BCUT2D eigenvalue weighted by Crippen LogP contribution is -2.71. The number of anilines is 1. The number of nitrogens with one attached hydrogen (secondary N) is 1. The molecule has 5 rings (SSSR count). The third kappa shape index (κ3) is 4.24. The van der Waals surface area contributed by atoms with E-state index >= 15 is 0 Å². The summed E-state index contributed by atoms with van der Waals surface area (Å²) in [4.78, 5) is 47.8. The lowest BCUT2D eigenvalue weighted by Gasteiger charge is -2.49. The highest BCUT2D eigenvalue weighted by atomic mass is 32.2. The summed E-state index contributed by atoms with van der Waals surface area (Å²) in [6.45, 7) is 0. The monoisotopic (exact) mass is 547 g/mol. The number of oxime groups is 1. The van der Waals surface area contributed by atoms with Gasteiger partial charge in [0.1, 0.15) is 30.5 Å². The standard InChI is InChI=1S/C19H17N9O5S3/c1-33-25-11(14-23-19(20)36-26-14)15(29)22-12-16(30)28-13(18(31)32)8(6-35-17(12)28)5-34-10-4-2-3-9-24-21-7-27(9)10/h2-4,7,12,17H,5-6H2,1H3,(H,22,29)(H,31,32)(H2,20,23,26)/b25-11-/t12-,17+/m1/s1. The van der Waals surface area contributed by atoms with Gasteiger partial charge in [0.25, 0.3) is 11.8 Å². The van der Waals surface area contributed by atoms with Gasteiger partial charge in [-0.3, -0.25) is 18.9 Å². The van der Waals surface area contributed by atoms with Crippen molar-refractivity contribution in [1.82, 2.24) is 34.2 Å². The number of thioether (sulfide) groups is 2. The largest absolute Gasteiger partial charge is 0.477 e. The summed E-state index contributed by atoms with van der Waals surface area (Å²) in [5, 5.41) is 24.4. The number of β-lactam (4-membered cyclic amide) rings is 1. The van der Waals surface area contributed by atoms with Crippen molar-refractivity contribution in [3.05, 3.63) is 41.6 Å². The van der Waals surface area contributed by atoms with Gasteiger partial charge in [0.05, 0.1) is 5.03 Å². The van der Waals surface area contributed by atoms with Gasteiger partial charge in [-0.15, -0.1) is 33.7 Å². The predicted octanol–water partition coefficient (Wildman–Crippen LogP) is 0.0444. The molecule has 2 amide bonds. The Hall–Kier alpha value is -3.70. The van der Waals surface area contributed by atoms with E-state index in [1.54, 1.807) is 10.7 Å². The number of carbonyl (C=O) groups is 3. The van der Waals surface area contributed by atoms with Gasteiger partial charge in [-0.2, -0.15) is 9.36 Å². The van der Waals surface area contributed by atoms with Gasteiger partial charge in [-0.25, -0.2) is 4.79 Å². The Morgan fingerprint density at radius 1 is 1.42 bits per heavy atom. The summed E-state index contributed by atoms with van der Waals surface area (Å²) < 4.78 is 5.75. The number of hydrogen-bond acceptors (Lipinski definition) is 13. The number of aliphatic carboxylic acids is 1. The van der Waals surface area contributed by atoms with Gasteiger partial charge in [0, 0.05) is 23.0 Å². The number of nitrogens with two attached hydrogens (primary N) is 1. The quantitative estimate of drug-likeness (QED) is 0.149. The highest BCUT2D eigenvalue weighted by molar-refractivity contribution is 8.01. The normalized spacial score (nSPS) is 19.8. The minimum atomic E-state index is -1.21. The fraction of sp³-hybridized carbons (Fsp3) is 0.263. The summed E-state index contributed by atoms with van der Waals surface area (Å²) >= 11 is 3.67. The molecule has 0 saturated carbocycles.